The molecular formula is C14H20ClNO3. The van der Waals surface area contributed by atoms with Crippen molar-refractivity contribution in [3.63, 3.8) is 0 Å². The van der Waals surface area contributed by atoms with Gasteiger partial charge in [0.25, 0.3) is 0 Å². The lowest BCUT2D eigenvalue weighted by Crippen LogP contribution is -2.40. The highest BCUT2D eigenvalue weighted by atomic mass is 35.5. The van der Waals surface area contributed by atoms with Gasteiger partial charge in [0.1, 0.15) is 11.9 Å². The number of hydrogen-bond acceptors (Lipinski definition) is 4. The zero-order chi connectivity index (χ0) is 13.7. The van der Waals surface area contributed by atoms with Gasteiger partial charge in [-0.15, -0.1) is 0 Å². The average Bonchev–Trinajstić information content (AvgIpc) is 2.78. The minimum atomic E-state index is 0.117. The normalized spacial score (nSPS) is 19.0. The Hall–Kier alpha value is -0.810. The molecule has 0 aliphatic carbocycles. The minimum absolute atomic E-state index is 0.117. The maximum Gasteiger partial charge on any atom is 0.123 e. The number of hydrogen-bond donors (Lipinski definition) is 2. The van der Waals surface area contributed by atoms with Crippen molar-refractivity contribution in [2.24, 2.45) is 0 Å². The summed E-state index contributed by atoms with van der Waals surface area (Å²) in [5.41, 5.74) is 1.16. The molecular weight excluding hydrogens is 266 g/mol. The lowest BCUT2D eigenvalue weighted by molar-refractivity contribution is 0.138. The fourth-order valence-corrected chi connectivity index (χ4v) is 2.50. The van der Waals surface area contributed by atoms with Crippen LogP contribution in [0.4, 0.5) is 0 Å². The third-order valence-corrected chi connectivity index (χ3v) is 3.48. The van der Waals surface area contributed by atoms with Crippen LogP contribution in [0.15, 0.2) is 18.2 Å². The molecule has 19 heavy (non-hydrogen) atoms. The Morgan fingerprint density at radius 2 is 2.42 bits per heavy atom. The first kappa shape index (κ1) is 14.6. The van der Waals surface area contributed by atoms with Gasteiger partial charge in [-0.05, 0) is 30.2 Å². The Bertz CT molecular complexity index is 408. The monoisotopic (exact) mass is 285 g/mol. The molecule has 2 N–H and O–H groups in total. The standard InChI is InChI=1S/C14H20ClNO3/c1-18-9-12(4-5-17)16-8-13-7-10-6-11(15)2-3-14(10)19-13/h2-3,6,12-13,16-17H,4-5,7-9H2,1H3. The quantitative estimate of drug-likeness (QED) is 0.799. The maximum atomic E-state index is 8.99. The van der Waals surface area contributed by atoms with Crippen molar-refractivity contribution in [3.05, 3.63) is 28.8 Å². The van der Waals surface area contributed by atoms with E-state index in [9.17, 15) is 0 Å². The number of methoxy groups -OCH3 is 1. The van der Waals surface area contributed by atoms with Crippen molar-refractivity contribution in [2.45, 2.75) is 25.0 Å². The molecule has 1 aromatic carbocycles. The zero-order valence-corrected chi connectivity index (χ0v) is 11.8. The van der Waals surface area contributed by atoms with Crippen LogP contribution in [0.25, 0.3) is 0 Å². The number of halogens is 1. The van der Waals surface area contributed by atoms with Crippen LogP contribution in [0.3, 0.4) is 0 Å². The lowest BCUT2D eigenvalue weighted by atomic mass is 10.1. The average molecular weight is 286 g/mol. The summed E-state index contributed by atoms with van der Waals surface area (Å²) >= 11 is 5.97. The van der Waals surface area contributed by atoms with Gasteiger partial charge in [0.15, 0.2) is 0 Å². The molecule has 0 saturated heterocycles. The molecule has 0 aromatic heterocycles. The largest absolute Gasteiger partial charge is 0.488 e. The van der Waals surface area contributed by atoms with Gasteiger partial charge in [0.2, 0.25) is 0 Å². The summed E-state index contributed by atoms with van der Waals surface area (Å²) in [4.78, 5) is 0. The molecule has 1 aliphatic rings. The molecule has 2 unspecified atom stereocenters. The Labute approximate surface area is 118 Å². The number of fused-ring (bicyclic) bond motifs is 1. The van der Waals surface area contributed by atoms with E-state index in [1.165, 1.54) is 0 Å². The summed E-state index contributed by atoms with van der Waals surface area (Å²) in [5.74, 6) is 0.918. The molecule has 2 rings (SSSR count). The second-order valence-corrected chi connectivity index (χ2v) is 5.21. The molecule has 0 spiro atoms. The minimum Gasteiger partial charge on any atom is -0.488 e. The van der Waals surface area contributed by atoms with Crippen LogP contribution >= 0.6 is 11.6 Å². The van der Waals surface area contributed by atoms with Crippen LogP contribution in [0, 0.1) is 0 Å². The van der Waals surface area contributed by atoms with Crippen LogP contribution in [0.1, 0.15) is 12.0 Å². The summed E-state index contributed by atoms with van der Waals surface area (Å²) in [7, 11) is 1.66. The summed E-state index contributed by atoms with van der Waals surface area (Å²) in [6.07, 6.45) is 1.66. The predicted molar refractivity (Wildman–Crippen MR) is 74.9 cm³/mol. The molecule has 1 aromatic rings. The molecule has 0 fully saturated rings. The second kappa shape index (κ2) is 7.10. The molecule has 2 atom stereocenters. The van der Waals surface area contributed by atoms with Gasteiger partial charge in [0.05, 0.1) is 6.61 Å². The van der Waals surface area contributed by atoms with Crippen molar-refractivity contribution in [2.75, 3.05) is 26.9 Å². The van der Waals surface area contributed by atoms with Gasteiger partial charge in [-0.3, -0.25) is 0 Å². The zero-order valence-electron chi connectivity index (χ0n) is 11.1. The fraction of sp³-hybridized carbons (Fsp3) is 0.571. The van der Waals surface area contributed by atoms with E-state index in [0.29, 0.717) is 13.0 Å². The van der Waals surface area contributed by atoms with E-state index in [1.807, 2.05) is 18.2 Å². The van der Waals surface area contributed by atoms with Gasteiger partial charge >= 0.3 is 0 Å². The number of ether oxygens (including phenoxy) is 2. The molecule has 4 nitrogen and oxygen atoms in total. The van der Waals surface area contributed by atoms with E-state index >= 15 is 0 Å². The van der Waals surface area contributed by atoms with Crippen LogP contribution in [-0.2, 0) is 11.2 Å². The third kappa shape index (κ3) is 4.08. The van der Waals surface area contributed by atoms with Crippen molar-refractivity contribution in [1.82, 2.24) is 5.32 Å². The molecule has 1 heterocycles. The SMILES string of the molecule is COCC(CCO)NCC1Cc2cc(Cl)ccc2O1. The number of aliphatic hydroxyl groups is 1. The smallest absolute Gasteiger partial charge is 0.123 e. The Morgan fingerprint density at radius 1 is 1.58 bits per heavy atom. The first-order valence-electron chi connectivity index (χ1n) is 6.51. The van der Waals surface area contributed by atoms with Gasteiger partial charge in [-0.2, -0.15) is 0 Å². The first-order valence-corrected chi connectivity index (χ1v) is 6.89. The number of rotatable bonds is 7. The number of aliphatic hydroxyl groups excluding tert-OH is 1. The van der Waals surface area contributed by atoms with Crippen molar-refractivity contribution in [1.29, 1.82) is 0 Å². The van der Waals surface area contributed by atoms with E-state index in [1.54, 1.807) is 7.11 Å². The van der Waals surface area contributed by atoms with E-state index in [4.69, 9.17) is 26.2 Å². The van der Waals surface area contributed by atoms with Crippen molar-refractivity contribution >= 4 is 11.6 Å². The van der Waals surface area contributed by atoms with Gasteiger partial charge in [-0.1, -0.05) is 11.6 Å². The molecule has 5 heteroatoms. The van der Waals surface area contributed by atoms with Crippen LogP contribution < -0.4 is 10.1 Å². The highest BCUT2D eigenvalue weighted by molar-refractivity contribution is 6.30. The summed E-state index contributed by atoms with van der Waals surface area (Å²) in [6.45, 7) is 1.48. The van der Waals surface area contributed by atoms with Crippen LogP contribution in [0.2, 0.25) is 5.02 Å². The third-order valence-electron chi connectivity index (χ3n) is 3.24. The van der Waals surface area contributed by atoms with Crippen LogP contribution in [0.5, 0.6) is 5.75 Å². The predicted octanol–water partition coefficient (Wildman–Crippen LogP) is 1.63. The molecule has 0 amide bonds. The van der Waals surface area contributed by atoms with Gasteiger partial charge in [0, 0.05) is 37.7 Å². The van der Waals surface area contributed by atoms with Crippen LogP contribution in [-0.4, -0.2) is 44.1 Å². The van der Waals surface area contributed by atoms with E-state index < -0.39 is 0 Å². The van der Waals surface area contributed by atoms with Crippen molar-refractivity contribution < 1.29 is 14.6 Å². The Morgan fingerprint density at radius 3 is 3.16 bits per heavy atom. The van der Waals surface area contributed by atoms with E-state index in [-0.39, 0.29) is 18.8 Å². The summed E-state index contributed by atoms with van der Waals surface area (Å²) in [6, 6.07) is 5.87. The highest BCUT2D eigenvalue weighted by Crippen LogP contribution is 2.30. The van der Waals surface area contributed by atoms with Gasteiger partial charge < -0.3 is 19.9 Å². The van der Waals surface area contributed by atoms with Crippen molar-refractivity contribution in [3.8, 4) is 5.75 Å². The topological polar surface area (TPSA) is 50.7 Å². The fourth-order valence-electron chi connectivity index (χ4n) is 2.30. The molecule has 0 bridgehead atoms. The lowest BCUT2D eigenvalue weighted by Gasteiger charge is -2.19. The second-order valence-electron chi connectivity index (χ2n) is 4.77. The number of benzene rings is 1. The Balaban J connectivity index is 1.82. The Kier molecular flexibility index (Phi) is 5.45. The molecule has 0 saturated carbocycles. The first-order chi connectivity index (χ1) is 9.22. The summed E-state index contributed by atoms with van der Waals surface area (Å²) < 4.78 is 11.0. The van der Waals surface area contributed by atoms with E-state index in [2.05, 4.69) is 5.32 Å². The maximum absolute atomic E-state index is 8.99. The molecule has 0 radical (unpaired) electrons. The number of nitrogens with one attached hydrogen (secondary N) is 1. The highest BCUT2D eigenvalue weighted by Gasteiger charge is 2.23. The molecule has 106 valence electrons. The summed E-state index contributed by atoms with van der Waals surface area (Å²) in [5, 5.41) is 13.1. The molecule has 1 aliphatic heterocycles. The van der Waals surface area contributed by atoms with E-state index in [0.717, 1.165) is 29.3 Å². The van der Waals surface area contributed by atoms with Gasteiger partial charge in [-0.25, -0.2) is 0 Å².